The molecule has 1 fully saturated rings. The summed E-state index contributed by atoms with van der Waals surface area (Å²) in [7, 11) is 0. The van der Waals surface area contributed by atoms with Gasteiger partial charge in [-0.2, -0.15) is 0 Å². The molecule has 3 nitrogen and oxygen atoms in total. The fraction of sp³-hybridized carbons (Fsp3) is 0.500. The number of anilines is 1. The van der Waals surface area contributed by atoms with E-state index >= 15 is 0 Å². The van der Waals surface area contributed by atoms with Gasteiger partial charge in [0.05, 0.1) is 16.1 Å². The Morgan fingerprint density at radius 3 is 2.65 bits per heavy atom. The number of carbonyl (C=O) groups excluding carboxylic acids is 1. The lowest BCUT2D eigenvalue weighted by Crippen LogP contribution is -2.51. The van der Waals surface area contributed by atoms with Gasteiger partial charge in [-0.05, 0) is 37.9 Å². The van der Waals surface area contributed by atoms with E-state index in [0.717, 1.165) is 25.8 Å². The fourth-order valence-electron chi connectivity index (χ4n) is 2.34. The number of halogens is 3. The summed E-state index contributed by atoms with van der Waals surface area (Å²) in [6.45, 7) is 3.45. The number of piperidine rings is 1. The Balaban J connectivity index is 2.21. The Hall–Kier alpha value is -0.840. The first-order valence-electron chi connectivity index (χ1n) is 6.74. The van der Waals surface area contributed by atoms with E-state index in [4.69, 9.17) is 23.2 Å². The zero-order valence-corrected chi connectivity index (χ0v) is 12.8. The van der Waals surface area contributed by atoms with E-state index in [1.807, 2.05) is 0 Å². The molecule has 1 aromatic carbocycles. The van der Waals surface area contributed by atoms with Crippen molar-refractivity contribution in [2.24, 2.45) is 0 Å². The molecule has 1 aliphatic heterocycles. The summed E-state index contributed by atoms with van der Waals surface area (Å²) in [4.78, 5) is 14.0. The van der Waals surface area contributed by atoms with Crippen LogP contribution in [0, 0.1) is 5.82 Å². The third kappa shape index (κ3) is 3.25. The lowest BCUT2D eigenvalue weighted by atomic mass is 10.0. The molecule has 0 saturated carbocycles. The van der Waals surface area contributed by atoms with Gasteiger partial charge in [0.25, 0.3) is 0 Å². The van der Waals surface area contributed by atoms with E-state index in [9.17, 15) is 9.18 Å². The molecule has 110 valence electrons. The maximum Gasteiger partial charge on any atom is 0.244 e. The number of nitrogens with zero attached hydrogens (tertiary/aromatic N) is 1. The van der Waals surface area contributed by atoms with E-state index in [0.29, 0.717) is 12.2 Å². The highest BCUT2D eigenvalue weighted by molar-refractivity contribution is 6.35. The zero-order valence-electron chi connectivity index (χ0n) is 11.3. The molecule has 1 aliphatic rings. The van der Waals surface area contributed by atoms with E-state index in [1.165, 1.54) is 12.1 Å². The van der Waals surface area contributed by atoms with Crippen molar-refractivity contribution in [2.45, 2.75) is 32.2 Å². The summed E-state index contributed by atoms with van der Waals surface area (Å²) in [5, 5.41) is 3.10. The first kappa shape index (κ1) is 15.5. The van der Waals surface area contributed by atoms with Crippen molar-refractivity contribution in [1.82, 2.24) is 5.32 Å². The average molecular weight is 319 g/mol. The van der Waals surface area contributed by atoms with Crippen LogP contribution < -0.4 is 10.2 Å². The molecule has 20 heavy (non-hydrogen) atoms. The number of hydrogen-bond donors (Lipinski definition) is 1. The molecule has 1 heterocycles. The van der Waals surface area contributed by atoms with Gasteiger partial charge in [0, 0.05) is 12.2 Å². The van der Waals surface area contributed by atoms with Gasteiger partial charge in [-0.25, -0.2) is 4.39 Å². The molecule has 2 rings (SSSR count). The molecule has 1 saturated heterocycles. The van der Waals surface area contributed by atoms with E-state index in [1.54, 1.807) is 4.90 Å². The molecule has 1 amide bonds. The molecule has 0 aliphatic carbocycles. The highest BCUT2D eigenvalue weighted by Crippen LogP contribution is 2.31. The molecule has 6 heteroatoms. The largest absolute Gasteiger partial charge is 0.311 e. The third-order valence-corrected chi connectivity index (χ3v) is 3.91. The van der Waals surface area contributed by atoms with Gasteiger partial charge in [-0.15, -0.1) is 0 Å². The average Bonchev–Trinajstić information content (AvgIpc) is 2.43. The minimum Gasteiger partial charge on any atom is -0.311 e. The summed E-state index contributed by atoms with van der Waals surface area (Å²) in [5.41, 5.74) is 0.550. The number of amides is 1. The van der Waals surface area contributed by atoms with Crippen LogP contribution in [0.3, 0.4) is 0 Å². The molecular formula is C14H17Cl2FN2O. The number of nitrogens with one attached hydrogen (secondary N) is 1. The lowest BCUT2D eigenvalue weighted by molar-refractivity contribution is -0.121. The molecule has 0 aromatic heterocycles. The van der Waals surface area contributed by atoms with Gasteiger partial charge in [0.15, 0.2) is 5.82 Å². The Morgan fingerprint density at radius 1 is 1.40 bits per heavy atom. The molecule has 1 unspecified atom stereocenters. The molecule has 1 atom stereocenters. The van der Waals surface area contributed by atoms with Crippen LogP contribution in [0.4, 0.5) is 10.1 Å². The van der Waals surface area contributed by atoms with Crippen molar-refractivity contribution >= 4 is 34.8 Å². The molecular weight excluding hydrogens is 302 g/mol. The van der Waals surface area contributed by atoms with Crippen molar-refractivity contribution in [2.75, 3.05) is 18.0 Å². The Morgan fingerprint density at radius 2 is 2.05 bits per heavy atom. The first-order valence-corrected chi connectivity index (χ1v) is 7.49. The van der Waals surface area contributed by atoms with Gasteiger partial charge in [0.2, 0.25) is 5.91 Å². The lowest BCUT2D eigenvalue weighted by Gasteiger charge is -2.33. The van der Waals surface area contributed by atoms with E-state index in [2.05, 4.69) is 12.2 Å². The molecule has 0 bridgehead atoms. The number of benzene rings is 1. The van der Waals surface area contributed by atoms with Crippen molar-refractivity contribution < 1.29 is 9.18 Å². The van der Waals surface area contributed by atoms with Crippen LogP contribution in [0.1, 0.15) is 26.2 Å². The second kappa shape index (κ2) is 6.74. The van der Waals surface area contributed by atoms with Gasteiger partial charge in [-0.3, -0.25) is 4.79 Å². The van der Waals surface area contributed by atoms with Crippen molar-refractivity contribution in [1.29, 1.82) is 0 Å². The van der Waals surface area contributed by atoms with Crippen LogP contribution in [0.5, 0.6) is 0 Å². The van der Waals surface area contributed by atoms with Crippen LogP contribution in [0.25, 0.3) is 0 Å². The molecule has 0 spiro atoms. The van der Waals surface area contributed by atoms with E-state index < -0.39 is 5.82 Å². The van der Waals surface area contributed by atoms with Gasteiger partial charge < -0.3 is 10.2 Å². The molecule has 1 aromatic rings. The predicted molar refractivity (Wildman–Crippen MR) is 80.1 cm³/mol. The summed E-state index contributed by atoms with van der Waals surface area (Å²) in [6.07, 6.45) is 2.68. The third-order valence-electron chi connectivity index (χ3n) is 3.36. The smallest absolute Gasteiger partial charge is 0.244 e. The molecule has 0 radical (unpaired) electrons. The fourth-order valence-corrected chi connectivity index (χ4v) is 2.81. The quantitative estimate of drug-likeness (QED) is 0.860. The second-order valence-electron chi connectivity index (χ2n) is 4.86. The first-order chi connectivity index (χ1) is 9.54. The maximum atomic E-state index is 13.4. The van der Waals surface area contributed by atoms with Crippen molar-refractivity contribution in [3.05, 3.63) is 28.0 Å². The second-order valence-corrected chi connectivity index (χ2v) is 5.68. The minimum atomic E-state index is -0.651. The Kier molecular flexibility index (Phi) is 5.24. The monoisotopic (exact) mass is 318 g/mol. The van der Waals surface area contributed by atoms with Crippen LogP contribution in [-0.4, -0.2) is 25.0 Å². The van der Waals surface area contributed by atoms with Crippen LogP contribution in [-0.2, 0) is 4.79 Å². The Labute approximate surface area is 128 Å². The SMILES string of the molecule is CCCNC1CCCN(c2cc(Cl)c(F)c(Cl)c2)C1=O. The van der Waals surface area contributed by atoms with Crippen molar-refractivity contribution in [3.8, 4) is 0 Å². The minimum absolute atomic E-state index is 0.0107. The number of carbonyl (C=O) groups is 1. The van der Waals surface area contributed by atoms with Gasteiger partial charge >= 0.3 is 0 Å². The highest BCUT2D eigenvalue weighted by Gasteiger charge is 2.29. The zero-order chi connectivity index (χ0) is 14.7. The topological polar surface area (TPSA) is 32.3 Å². The number of rotatable bonds is 4. The Bertz CT molecular complexity index is 487. The normalized spacial score (nSPS) is 19.5. The summed E-state index contributed by atoms with van der Waals surface area (Å²) in [6, 6.07) is 2.71. The van der Waals surface area contributed by atoms with Crippen LogP contribution >= 0.6 is 23.2 Å². The standard InChI is InChI=1S/C14H17Cl2FN2O/c1-2-5-18-12-4-3-6-19(14(12)20)9-7-10(15)13(17)11(16)8-9/h7-8,12,18H,2-6H2,1H3. The van der Waals surface area contributed by atoms with Gasteiger partial charge in [-0.1, -0.05) is 30.1 Å². The summed E-state index contributed by atoms with van der Waals surface area (Å²) >= 11 is 11.6. The van der Waals surface area contributed by atoms with E-state index in [-0.39, 0.29) is 22.0 Å². The summed E-state index contributed by atoms with van der Waals surface area (Å²) < 4.78 is 13.4. The summed E-state index contributed by atoms with van der Waals surface area (Å²) in [5.74, 6) is -0.661. The highest BCUT2D eigenvalue weighted by atomic mass is 35.5. The van der Waals surface area contributed by atoms with Crippen molar-refractivity contribution in [3.63, 3.8) is 0 Å². The predicted octanol–water partition coefficient (Wildman–Crippen LogP) is 3.63. The van der Waals surface area contributed by atoms with Crippen LogP contribution in [0.15, 0.2) is 12.1 Å². The number of hydrogen-bond acceptors (Lipinski definition) is 2. The molecule has 1 N–H and O–H groups in total. The maximum absolute atomic E-state index is 13.4. The van der Waals surface area contributed by atoms with Crippen LogP contribution in [0.2, 0.25) is 10.0 Å². The van der Waals surface area contributed by atoms with Gasteiger partial charge in [0.1, 0.15) is 0 Å².